The zero-order chi connectivity index (χ0) is 14.2. The van der Waals surface area contributed by atoms with Crippen LogP contribution < -0.4 is 9.64 Å². The molecular weight excluding hydrogens is 284 g/mol. The lowest BCUT2D eigenvalue weighted by atomic mass is 10.0. The molecule has 5 heteroatoms. The zero-order valence-corrected chi connectivity index (χ0v) is 12.5. The van der Waals surface area contributed by atoms with E-state index in [0.29, 0.717) is 6.42 Å². The van der Waals surface area contributed by atoms with E-state index in [2.05, 4.69) is 11.0 Å². The van der Waals surface area contributed by atoms with Crippen LogP contribution in [0.3, 0.4) is 0 Å². The normalized spacial score (nSPS) is 17.7. The van der Waals surface area contributed by atoms with E-state index >= 15 is 0 Å². The van der Waals surface area contributed by atoms with Crippen molar-refractivity contribution in [3.8, 4) is 5.75 Å². The van der Waals surface area contributed by atoms with Gasteiger partial charge in [-0.25, -0.2) is 4.98 Å². The third-order valence-corrected chi connectivity index (χ3v) is 5.09. The molecule has 1 aromatic heterocycles. The second-order valence-electron chi connectivity index (χ2n) is 5.37. The fraction of sp³-hybridized carbons (Fsp3) is 0.375. The summed E-state index contributed by atoms with van der Waals surface area (Å²) in [6, 6.07) is 8.05. The molecule has 0 fully saturated rings. The first-order valence-electron chi connectivity index (χ1n) is 7.35. The molecule has 0 N–H and O–H groups in total. The number of anilines is 2. The number of Topliss-reactive ketones (excluding diaryl/α,β-unsaturated/α-hetero) is 1. The molecule has 108 valence electrons. The Labute approximate surface area is 127 Å². The molecule has 0 spiro atoms. The van der Waals surface area contributed by atoms with Gasteiger partial charge >= 0.3 is 0 Å². The molecule has 0 bridgehead atoms. The van der Waals surface area contributed by atoms with E-state index in [0.717, 1.165) is 59.6 Å². The Kier molecular flexibility index (Phi) is 3.15. The maximum Gasteiger partial charge on any atom is 0.190 e. The van der Waals surface area contributed by atoms with E-state index in [1.165, 1.54) is 11.3 Å². The average Bonchev–Trinajstić information content (AvgIpc) is 2.82. The quantitative estimate of drug-likeness (QED) is 0.807. The van der Waals surface area contributed by atoms with Crippen LogP contribution in [-0.4, -0.2) is 23.9 Å². The van der Waals surface area contributed by atoms with Gasteiger partial charge in [-0.3, -0.25) is 4.79 Å². The van der Waals surface area contributed by atoms with Crippen LogP contribution in [0.2, 0.25) is 0 Å². The number of carbonyl (C=O) groups is 1. The van der Waals surface area contributed by atoms with Crippen LogP contribution >= 0.6 is 11.3 Å². The Hall–Kier alpha value is -1.88. The van der Waals surface area contributed by atoms with Gasteiger partial charge in [-0.05, 0) is 31.4 Å². The highest BCUT2D eigenvalue weighted by atomic mass is 32.1. The molecule has 2 aliphatic rings. The summed E-state index contributed by atoms with van der Waals surface area (Å²) in [4.78, 5) is 19.8. The molecule has 1 aromatic carbocycles. The number of ketones is 1. The molecule has 0 unspecified atom stereocenters. The maximum absolute atomic E-state index is 12.0. The first-order chi connectivity index (χ1) is 10.3. The minimum absolute atomic E-state index is 0.249. The van der Waals surface area contributed by atoms with Gasteiger partial charge in [-0.15, -0.1) is 0 Å². The molecule has 0 saturated heterocycles. The second kappa shape index (κ2) is 5.15. The van der Waals surface area contributed by atoms with Crippen LogP contribution in [0, 0.1) is 0 Å². The Bertz CT molecular complexity index is 695. The van der Waals surface area contributed by atoms with Gasteiger partial charge in [-0.1, -0.05) is 23.5 Å². The number of fused-ring (bicyclic) bond motifs is 2. The molecule has 1 aliphatic heterocycles. The Morgan fingerprint density at radius 1 is 1.19 bits per heavy atom. The number of thiazole rings is 1. The highest BCUT2D eigenvalue weighted by molar-refractivity contribution is 7.17. The lowest BCUT2D eigenvalue weighted by Crippen LogP contribution is -2.17. The number of carbonyl (C=O) groups excluding carboxylic acids is 1. The number of hydrogen-bond acceptors (Lipinski definition) is 5. The van der Waals surface area contributed by atoms with Crippen LogP contribution in [0.4, 0.5) is 10.8 Å². The van der Waals surface area contributed by atoms with Crippen LogP contribution in [0.25, 0.3) is 0 Å². The van der Waals surface area contributed by atoms with Crippen molar-refractivity contribution in [3.63, 3.8) is 0 Å². The zero-order valence-electron chi connectivity index (χ0n) is 11.7. The Morgan fingerprint density at radius 2 is 2.10 bits per heavy atom. The Balaban J connectivity index is 1.78. The van der Waals surface area contributed by atoms with Gasteiger partial charge in [-0.2, -0.15) is 0 Å². The van der Waals surface area contributed by atoms with Gasteiger partial charge in [0, 0.05) is 13.0 Å². The van der Waals surface area contributed by atoms with Crippen molar-refractivity contribution >= 4 is 27.9 Å². The van der Waals surface area contributed by atoms with Gasteiger partial charge in [0.2, 0.25) is 0 Å². The average molecular weight is 300 g/mol. The van der Waals surface area contributed by atoms with Crippen LogP contribution in [0.15, 0.2) is 24.3 Å². The number of aryl methyl sites for hydroxylation is 1. The Morgan fingerprint density at radius 3 is 3.00 bits per heavy atom. The lowest BCUT2D eigenvalue weighted by Gasteiger charge is -2.20. The standard InChI is InChI=1S/C16H16N2O2S/c19-13-7-3-5-11-15(13)21-16(17-11)18-9-4-10-20-14-8-2-1-6-12(14)18/h1-2,6,8H,3-5,7,9-10H2. The molecule has 1 aliphatic carbocycles. The van der Waals surface area contributed by atoms with Crippen molar-refractivity contribution in [2.45, 2.75) is 25.7 Å². The summed E-state index contributed by atoms with van der Waals surface area (Å²) in [7, 11) is 0. The van der Waals surface area contributed by atoms with E-state index in [1.807, 2.05) is 18.2 Å². The summed E-state index contributed by atoms with van der Waals surface area (Å²) in [5.41, 5.74) is 2.03. The third-order valence-electron chi connectivity index (χ3n) is 3.93. The molecule has 21 heavy (non-hydrogen) atoms. The molecular formula is C16H16N2O2S. The van der Waals surface area contributed by atoms with E-state index in [9.17, 15) is 4.79 Å². The largest absolute Gasteiger partial charge is 0.491 e. The van der Waals surface area contributed by atoms with E-state index in [-0.39, 0.29) is 5.78 Å². The highest BCUT2D eigenvalue weighted by Gasteiger charge is 2.26. The van der Waals surface area contributed by atoms with Crippen molar-refractivity contribution in [3.05, 3.63) is 34.8 Å². The summed E-state index contributed by atoms with van der Waals surface area (Å²) in [5, 5.41) is 0.924. The predicted octanol–water partition coefficient (Wildman–Crippen LogP) is 3.58. The van der Waals surface area contributed by atoms with Gasteiger partial charge in [0.05, 0.1) is 22.9 Å². The molecule has 0 saturated carbocycles. The minimum atomic E-state index is 0.249. The van der Waals surface area contributed by atoms with E-state index < -0.39 is 0 Å². The summed E-state index contributed by atoms with van der Waals surface area (Å²) in [5.74, 6) is 1.15. The number of hydrogen-bond donors (Lipinski definition) is 0. The topological polar surface area (TPSA) is 42.4 Å². The fourth-order valence-electron chi connectivity index (χ4n) is 2.90. The van der Waals surface area contributed by atoms with Gasteiger partial charge in [0.1, 0.15) is 5.75 Å². The number of aromatic nitrogens is 1. The number of ether oxygens (including phenoxy) is 1. The molecule has 0 radical (unpaired) electrons. The van der Waals surface area contributed by atoms with Gasteiger partial charge < -0.3 is 9.64 Å². The minimum Gasteiger partial charge on any atom is -0.491 e. The second-order valence-corrected chi connectivity index (χ2v) is 6.35. The number of rotatable bonds is 1. The van der Waals surface area contributed by atoms with Crippen molar-refractivity contribution in [2.24, 2.45) is 0 Å². The number of benzene rings is 1. The lowest BCUT2D eigenvalue weighted by molar-refractivity contribution is 0.0976. The van der Waals surface area contributed by atoms with Gasteiger partial charge in [0.15, 0.2) is 10.9 Å². The van der Waals surface area contributed by atoms with E-state index in [4.69, 9.17) is 9.72 Å². The third kappa shape index (κ3) is 2.21. The van der Waals surface area contributed by atoms with Crippen molar-refractivity contribution < 1.29 is 9.53 Å². The first kappa shape index (κ1) is 12.8. The molecule has 0 atom stereocenters. The molecule has 4 rings (SSSR count). The van der Waals surface area contributed by atoms with Crippen molar-refractivity contribution in [1.29, 1.82) is 0 Å². The van der Waals surface area contributed by atoms with Crippen LogP contribution in [-0.2, 0) is 6.42 Å². The summed E-state index contributed by atoms with van der Waals surface area (Å²) in [6.07, 6.45) is 3.46. The molecule has 4 nitrogen and oxygen atoms in total. The fourth-order valence-corrected chi connectivity index (χ4v) is 4.02. The molecule has 2 heterocycles. The molecule has 2 aromatic rings. The predicted molar refractivity (Wildman–Crippen MR) is 82.9 cm³/mol. The SMILES string of the molecule is O=C1CCCc2nc(N3CCCOc4ccccc43)sc21. The van der Waals surface area contributed by atoms with Crippen molar-refractivity contribution in [2.75, 3.05) is 18.1 Å². The summed E-state index contributed by atoms with van der Waals surface area (Å²) >= 11 is 1.53. The van der Waals surface area contributed by atoms with Gasteiger partial charge in [0.25, 0.3) is 0 Å². The number of para-hydroxylation sites is 2. The summed E-state index contributed by atoms with van der Waals surface area (Å²) in [6.45, 7) is 1.59. The smallest absolute Gasteiger partial charge is 0.190 e. The van der Waals surface area contributed by atoms with Crippen LogP contribution in [0.5, 0.6) is 5.75 Å². The number of nitrogens with zero attached hydrogens (tertiary/aromatic N) is 2. The first-order valence-corrected chi connectivity index (χ1v) is 8.17. The van der Waals surface area contributed by atoms with E-state index in [1.54, 1.807) is 0 Å². The highest BCUT2D eigenvalue weighted by Crippen LogP contribution is 2.39. The molecule has 0 amide bonds. The van der Waals surface area contributed by atoms with Crippen molar-refractivity contribution in [1.82, 2.24) is 4.98 Å². The monoisotopic (exact) mass is 300 g/mol. The summed E-state index contributed by atoms with van der Waals surface area (Å²) < 4.78 is 5.79. The maximum atomic E-state index is 12.0. The van der Waals surface area contributed by atoms with Crippen LogP contribution in [0.1, 0.15) is 34.6 Å².